The van der Waals surface area contributed by atoms with Gasteiger partial charge in [0, 0.05) is 44.0 Å². The highest BCUT2D eigenvalue weighted by Gasteiger charge is 2.55. The predicted molar refractivity (Wildman–Crippen MR) is 123 cm³/mol. The lowest BCUT2D eigenvalue weighted by atomic mass is 9.93. The summed E-state index contributed by atoms with van der Waals surface area (Å²) in [5.41, 5.74) is 6.80. The molecule has 0 unspecified atom stereocenters. The summed E-state index contributed by atoms with van der Waals surface area (Å²) in [7, 11) is 2.12. The second kappa shape index (κ2) is 8.70. The number of likely N-dealkylation sites (N-methyl/N-ethyl adjacent to an activating group) is 1. The number of hydrogen-bond donors (Lipinski definition) is 2. The highest BCUT2D eigenvalue weighted by Crippen LogP contribution is 2.36. The number of nitrogens with zero attached hydrogens (tertiary/aromatic N) is 3. The van der Waals surface area contributed by atoms with Crippen molar-refractivity contribution in [1.82, 2.24) is 15.1 Å². The fraction of sp³-hybridized carbons (Fsp3) is 0.625. The number of piperazine rings is 1. The molecule has 4 fully saturated rings. The van der Waals surface area contributed by atoms with E-state index in [2.05, 4.69) is 22.2 Å². The fourth-order valence-corrected chi connectivity index (χ4v) is 5.72. The first-order chi connectivity index (χ1) is 15.9. The molecule has 1 aromatic rings. The first-order valence-electron chi connectivity index (χ1n) is 11.9. The lowest BCUT2D eigenvalue weighted by molar-refractivity contribution is -0.142. The standard InChI is InChI=1S/C24H33N5O4/c1-27-10-12-28(13-11-27)17-6-4-16(5-7-17)22(31)26-24(8-2-3-9-24)23(32)29-14-18(25)21-20(29)19(30)15-33-21/h4-7,18,20-21H,2-3,8-15,25H2,1H3,(H,26,31)/t18-,20+,21-/m0/s1. The maximum absolute atomic E-state index is 13.7. The molecule has 4 aliphatic rings. The SMILES string of the molecule is CN1CCN(c2ccc(C(=O)NC3(C(=O)N4C[C@H](N)[C@@H]5OCC(=O)[C@H]54)CCCC3)cc2)CC1. The van der Waals surface area contributed by atoms with Crippen molar-refractivity contribution >= 4 is 23.3 Å². The third-order valence-corrected chi connectivity index (χ3v) is 7.70. The molecule has 3 atom stereocenters. The van der Waals surface area contributed by atoms with Crippen LogP contribution in [0.2, 0.25) is 0 Å². The summed E-state index contributed by atoms with van der Waals surface area (Å²) in [6.45, 7) is 4.22. The molecule has 178 valence electrons. The first-order valence-corrected chi connectivity index (χ1v) is 11.9. The molecule has 3 aliphatic heterocycles. The number of Topliss-reactive ketones (excluding diaryl/α,β-unsaturated/α-hetero) is 1. The Balaban J connectivity index is 1.30. The summed E-state index contributed by atoms with van der Waals surface area (Å²) < 4.78 is 5.53. The number of nitrogens with one attached hydrogen (secondary N) is 1. The average molecular weight is 456 g/mol. The van der Waals surface area contributed by atoms with Gasteiger partial charge < -0.3 is 30.5 Å². The zero-order chi connectivity index (χ0) is 23.2. The van der Waals surface area contributed by atoms with E-state index in [4.69, 9.17) is 10.5 Å². The first kappa shape index (κ1) is 22.3. The minimum absolute atomic E-state index is 0.00811. The fourth-order valence-electron chi connectivity index (χ4n) is 5.72. The van der Waals surface area contributed by atoms with Gasteiger partial charge in [-0.2, -0.15) is 0 Å². The van der Waals surface area contributed by atoms with Crippen LogP contribution in [0, 0.1) is 0 Å². The van der Waals surface area contributed by atoms with Crippen LogP contribution < -0.4 is 16.0 Å². The third kappa shape index (κ3) is 4.02. The molecule has 9 heteroatoms. The Kier molecular flexibility index (Phi) is 5.88. The predicted octanol–water partition coefficient (Wildman–Crippen LogP) is -0.0130. The maximum Gasteiger partial charge on any atom is 0.252 e. The topological polar surface area (TPSA) is 108 Å². The number of carbonyl (C=O) groups is 3. The van der Waals surface area contributed by atoms with E-state index in [0.717, 1.165) is 44.7 Å². The summed E-state index contributed by atoms with van der Waals surface area (Å²) in [6, 6.07) is 6.58. The molecule has 3 saturated heterocycles. The minimum Gasteiger partial charge on any atom is -0.369 e. The van der Waals surface area contributed by atoms with Gasteiger partial charge in [-0.25, -0.2) is 0 Å². The van der Waals surface area contributed by atoms with Gasteiger partial charge in [0.15, 0.2) is 5.78 Å². The van der Waals surface area contributed by atoms with E-state index in [1.54, 1.807) is 4.90 Å². The van der Waals surface area contributed by atoms with Crippen LogP contribution in [0.25, 0.3) is 0 Å². The molecule has 0 radical (unpaired) electrons. The number of carbonyl (C=O) groups excluding carboxylic acids is 3. The molecule has 1 saturated carbocycles. The van der Waals surface area contributed by atoms with Gasteiger partial charge in [-0.15, -0.1) is 0 Å². The van der Waals surface area contributed by atoms with Gasteiger partial charge >= 0.3 is 0 Å². The van der Waals surface area contributed by atoms with E-state index in [0.29, 0.717) is 18.4 Å². The molecular weight excluding hydrogens is 422 g/mol. The second-order valence-corrected chi connectivity index (χ2v) is 9.89. The van der Waals surface area contributed by atoms with Crippen LogP contribution in [0.1, 0.15) is 36.0 Å². The monoisotopic (exact) mass is 455 g/mol. The van der Waals surface area contributed by atoms with Crippen molar-refractivity contribution in [1.29, 1.82) is 0 Å². The van der Waals surface area contributed by atoms with Crippen LogP contribution in [0.3, 0.4) is 0 Å². The molecule has 2 amide bonds. The summed E-state index contributed by atoms with van der Waals surface area (Å²) in [6.07, 6.45) is 2.39. The van der Waals surface area contributed by atoms with E-state index in [1.165, 1.54) is 0 Å². The van der Waals surface area contributed by atoms with Crippen LogP contribution >= 0.6 is 0 Å². The maximum atomic E-state index is 13.7. The van der Waals surface area contributed by atoms with Crippen molar-refractivity contribution in [3.05, 3.63) is 29.8 Å². The van der Waals surface area contributed by atoms with Crippen molar-refractivity contribution in [3.63, 3.8) is 0 Å². The van der Waals surface area contributed by atoms with Crippen LogP contribution in [-0.2, 0) is 14.3 Å². The summed E-state index contributed by atoms with van der Waals surface area (Å²) >= 11 is 0. The van der Waals surface area contributed by atoms with Crippen LogP contribution in [0.5, 0.6) is 0 Å². The van der Waals surface area contributed by atoms with E-state index in [1.807, 2.05) is 24.3 Å². The Labute approximate surface area is 194 Å². The minimum atomic E-state index is -0.995. The number of ketones is 1. The molecule has 1 aliphatic carbocycles. The summed E-state index contributed by atoms with van der Waals surface area (Å²) in [5, 5.41) is 3.06. The third-order valence-electron chi connectivity index (χ3n) is 7.70. The molecular formula is C24H33N5O4. The van der Waals surface area contributed by atoms with Gasteiger partial charge in [0.2, 0.25) is 5.91 Å². The zero-order valence-corrected chi connectivity index (χ0v) is 19.2. The number of likely N-dealkylation sites (tertiary alicyclic amines) is 1. The number of amides is 2. The van der Waals surface area contributed by atoms with Crippen molar-refractivity contribution in [3.8, 4) is 0 Å². The highest BCUT2D eigenvalue weighted by molar-refractivity contribution is 6.01. The number of fused-ring (bicyclic) bond motifs is 1. The molecule has 0 aromatic heterocycles. The van der Waals surface area contributed by atoms with Crippen LogP contribution in [-0.4, -0.2) is 97.5 Å². The summed E-state index contributed by atoms with van der Waals surface area (Å²) in [4.78, 5) is 45.5. The van der Waals surface area contributed by atoms with Crippen LogP contribution in [0.15, 0.2) is 24.3 Å². The number of ether oxygens (including phenoxy) is 1. The molecule has 33 heavy (non-hydrogen) atoms. The number of hydrogen-bond acceptors (Lipinski definition) is 7. The number of rotatable bonds is 4. The van der Waals surface area contributed by atoms with Gasteiger partial charge in [-0.3, -0.25) is 14.4 Å². The molecule has 5 rings (SSSR count). The molecule has 3 N–H and O–H groups in total. The normalized spacial score (nSPS) is 29.4. The highest BCUT2D eigenvalue weighted by atomic mass is 16.5. The zero-order valence-electron chi connectivity index (χ0n) is 19.2. The van der Waals surface area contributed by atoms with Crippen molar-refractivity contribution < 1.29 is 19.1 Å². The van der Waals surface area contributed by atoms with Crippen molar-refractivity contribution in [2.75, 3.05) is 51.3 Å². The average Bonchev–Trinajstić information content (AvgIpc) is 3.53. The molecule has 9 nitrogen and oxygen atoms in total. The molecule has 0 bridgehead atoms. The van der Waals surface area contributed by atoms with Gasteiger partial charge in [-0.1, -0.05) is 12.8 Å². The van der Waals surface area contributed by atoms with Gasteiger partial charge in [0.1, 0.15) is 24.3 Å². The number of nitrogens with two attached hydrogens (primary N) is 1. The Morgan fingerprint density at radius 1 is 1.09 bits per heavy atom. The molecule has 1 aromatic carbocycles. The van der Waals surface area contributed by atoms with Crippen molar-refractivity contribution in [2.45, 2.75) is 49.4 Å². The van der Waals surface area contributed by atoms with E-state index in [9.17, 15) is 14.4 Å². The Hall–Kier alpha value is -2.49. The Morgan fingerprint density at radius 2 is 1.76 bits per heavy atom. The lowest BCUT2D eigenvalue weighted by Crippen LogP contribution is -2.60. The van der Waals surface area contributed by atoms with E-state index >= 15 is 0 Å². The smallest absolute Gasteiger partial charge is 0.252 e. The second-order valence-electron chi connectivity index (χ2n) is 9.89. The number of benzene rings is 1. The summed E-state index contributed by atoms with van der Waals surface area (Å²) in [5.74, 6) is -0.575. The van der Waals surface area contributed by atoms with Gasteiger partial charge in [-0.05, 0) is 44.2 Å². The quantitative estimate of drug-likeness (QED) is 0.657. The Bertz CT molecular complexity index is 921. The van der Waals surface area contributed by atoms with E-state index in [-0.39, 0.29) is 36.8 Å². The van der Waals surface area contributed by atoms with E-state index < -0.39 is 17.7 Å². The number of anilines is 1. The van der Waals surface area contributed by atoms with Gasteiger partial charge in [0.05, 0.1) is 6.04 Å². The largest absolute Gasteiger partial charge is 0.369 e. The molecule has 3 heterocycles. The molecule has 0 spiro atoms. The van der Waals surface area contributed by atoms with Crippen LogP contribution in [0.4, 0.5) is 5.69 Å². The van der Waals surface area contributed by atoms with Crippen molar-refractivity contribution in [2.24, 2.45) is 5.73 Å². The Morgan fingerprint density at radius 3 is 2.42 bits per heavy atom. The van der Waals surface area contributed by atoms with Gasteiger partial charge in [0.25, 0.3) is 5.91 Å². The lowest BCUT2D eigenvalue weighted by Gasteiger charge is -2.35.